The smallest absolute Gasteiger partial charge is 0.147 e. The van der Waals surface area contributed by atoms with Gasteiger partial charge >= 0.3 is 0 Å². The van der Waals surface area contributed by atoms with Gasteiger partial charge in [0.25, 0.3) is 0 Å². The molecule has 1 fully saturated rings. The molecule has 0 saturated carbocycles. The average molecular weight is 348 g/mol. The number of aliphatic hydroxyl groups is 1. The lowest BCUT2D eigenvalue weighted by Gasteiger charge is -2.33. The van der Waals surface area contributed by atoms with E-state index in [1.165, 1.54) is 6.42 Å². The first kappa shape index (κ1) is 18.1. The molecule has 0 radical (unpaired) electrons. The van der Waals surface area contributed by atoms with E-state index in [0.29, 0.717) is 25.7 Å². The number of β-amino-alcohol motifs (C(OH)–C–C–N with tert-alkyl or cyclic N) is 1. The van der Waals surface area contributed by atoms with E-state index in [2.05, 4.69) is 15.0 Å². The van der Waals surface area contributed by atoms with Crippen LogP contribution in [0.2, 0.25) is 0 Å². The summed E-state index contributed by atoms with van der Waals surface area (Å²) in [4.78, 5) is 6.70. The molecule has 2 aromatic heterocycles. The van der Waals surface area contributed by atoms with Crippen LogP contribution in [-0.2, 0) is 17.9 Å². The van der Waals surface area contributed by atoms with Gasteiger partial charge in [-0.05, 0) is 51.3 Å². The van der Waals surface area contributed by atoms with Crippen LogP contribution in [0, 0.1) is 19.8 Å². The SMILES string of the molecule is Cc1nc(C)n(C[C@H]2CCCN(C[C@H](O)COCc3ccco3)C2)n1. The molecule has 2 atom stereocenters. The molecular formula is C18H28N4O3. The quantitative estimate of drug-likeness (QED) is 0.784. The van der Waals surface area contributed by atoms with Crippen LogP contribution < -0.4 is 0 Å². The number of ether oxygens (including phenoxy) is 1. The molecule has 25 heavy (non-hydrogen) atoms. The minimum atomic E-state index is -0.482. The van der Waals surface area contributed by atoms with Crippen molar-refractivity contribution in [2.75, 3.05) is 26.2 Å². The van der Waals surface area contributed by atoms with E-state index in [1.807, 2.05) is 30.7 Å². The molecule has 1 aliphatic heterocycles. The second kappa shape index (κ2) is 8.60. The fraction of sp³-hybridized carbons (Fsp3) is 0.667. The van der Waals surface area contributed by atoms with Crippen molar-refractivity contribution >= 4 is 0 Å². The Labute approximate surface area is 148 Å². The van der Waals surface area contributed by atoms with E-state index in [0.717, 1.165) is 43.5 Å². The molecule has 138 valence electrons. The largest absolute Gasteiger partial charge is 0.467 e. The number of nitrogens with zero attached hydrogens (tertiary/aromatic N) is 4. The van der Waals surface area contributed by atoms with Gasteiger partial charge in [-0.15, -0.1) is 0 Å². The molecule has 0 spiro atoms. The maximum atomic E-state index is 10.2. The molecule has 0 amide bonds. The number of aryl methyl sites for hydroxylation is 2. The summed E-state index contributed by atoms with van der Waals surface area (Å²) in [5.74, 6) is 3.13. The van der Waals surface area contributed by atoms with Crippen LogP contribution in [0.5, 0.6) is 0 Å². The van der Waals surface area contributed by atoms with Gasteiger partial charge in [0.15, 0.2) is 0 Å². The Morgan fingerprint density at radius 1 is 1.44 bits per heavy atom. The Morgan fingerprint density at radius 3 is 3.04 bits per heavy atom. The van der Waals surface area contributed by atoms with Gasteiger partial charge in [-0.1, -0.05) is 0 Å². The van der Waals surface area contributed by atoms with Crippen LogP contribution in [0.3, 0.4) is 0 Å². The monoisotopic (exact) mass is 348 g/mol. The molecule has 1 aliphatic rings. The molecule has 1 N–H and O–H groups in total. The third-order valence-electron chi connectivity index (χ3n) is 4.60. The molecule has 7 nitrogen and oxygen atoms in total. The van der Waals surface area contributed by atoms with Crippen molar-refractivity contribution in [1.82, 2.24) is 19.7 Å². The average Bonchev–Trinajstić information content (AvgIpc) is 3.18. The number of aliphatic hydroxyl groups excluding tert-OH is 1. The van der Waals surface area contributed by atoms with Crippen molar-refractivity contribution < 1.29 is 14.3 Å². The summed E-state index contributed by atoms with van der Waals surface area (Å²) < 4.78 is 12.8. The van der Waals surface area contributed by atoms with Gasteiger partial charge < -0.3 is 19.2 Å². The van der Waals surface area contributed by atoms with Crippen molar-refractivity contribution in [3.05, 3.63) is 35.8 Å². The number of piperidine rings is 1. The van der Waals surface area contributed by atoms with Crippen molar-refractivity contribution in [3.8, 4) is 0 Å². The maximum absolute atomic E-state index is 10.2. The van der Waals surface area contributed by atoms with Gasteiger partial charge in [0.2, 0.25) is 0 Å². The highest BCUT2D eigenvalue weighted by Gasteiger charge is 2.23. The zero-order valence-electron chi connectivity index (χ0n) is 15.1. The number of rotatable bonds is 8. The van der Waals surface area contributed by atoms with Gasteiger partial charge in [-0.2, -0.15) is 5.10 Å². The van der Waals surface area contributed by atoms with Crippen LogP contribution in [0.15, 0.2) is 22.8 Å². The number of furan rings is 1. The van der Waals surface area contributed by atoms with Crippen LogP contribution in [-0.4, -0.2) is 57.1 Å². The Bertz CT molecular complexity index is 641. The maximum Gasteiger partial charge on any atom is 0.147 e. The van der Waals surface area contributed by atoms with Crippen molar-refractivity contribution in [3.63, 3.8) is 0 Å². The van der Waals surface area contributed by atoms with Crippen LogP contribution in [0.1, 0.15) is 30.3 Å². The molecular weight excluding hydrogens is 320 g/mol. The summed E-state index contributed by atoms with van der Waals surface area (Å²) >= 11 is 0. The summed E-state index contributed by atoms with van der Waals surface area (Å²) in [6.07, 6.45) is 3.49. The summed E-state index contributed by atoms with van der Waals surface area (Å²) in [5.41, 5.74) is 0. The zero-order chi connectivity index (χ0) is 17.6. The summed E-state index contributed by atoms with van der Waals surface area (Å²) in [5, 5.41) is 14.7. The molecule has 3 heterocycles. The van der Waals surface area contributed by atoms with E-state index >= 15 is 0 Å². The highest BCUT2D eigenvalue weighted by Crippen LogP contribution is 2.19. The molecule has 0 bridgehead atoms. The Hall–Kier alpha value is -1.70. The second-order valence-corrected chi connectivity index (χ2v) is 6.90. The summed E-state index contributed by atoms with van der Waals surface area (Å²) in [6.45, 7) is 8.20. The Balaban J connectivity index is 1.40. The normalized spacial score (nSPS) is 20.0. The van der Waals surface area contributed by atoms with E-state index in [4.69, 9.17) is 9.15 Å². The van der Waals surface area contributed by atoms with Crippen LogP contribution in [0.25, 0.3) is 0 Å². The number of hydrogen-bond acceptors (Lipinski definition) is 6. The van der Waals surface area contributed by atoms with Crippen LogP contribution >= 0.6 is 0 Å². The summed E-state index contributed by atoms with van der Waals surface area (Å²) in [7, 11) is 0. The van der Waals surface area contributed by atoms with Gasteiger partial charge in [-0.25, -0.2) is 9.67 Å². The topological polar surface area (TPSA) is 76.6 Å². The minimum Gasteiger partial charge on any atom is -0.467 e. The Morgan fingerprint density at radius 2 is 2.32 bits per heavy atom. The van der Waals surface area contributed by atoms with E-state index in [-0.39, 0.29) is 0 Å². The van der Waals surface area contributed by atoms with E-state index in [1.54, 1.807) is 6.26 Å². The van der Waals surface area contributed by atoms with Gasteiger partial charge in [0.1, 0.15) is 24.0 Å². The van der Waals surface area contributed by atoms with Crippen LogP contribution in [0.4, 0.5) is 0 Å². The first-order valence-corrected chi connectivity index (χ1v) is 8.98. The predicted octanol–water partition coefficient (Wildman–Crippen LogP) is 1.78. The highest BCUT2D eigenvalue weighted by molar-refractivity contribution is 4.96. The number of hydrogen-bond donors (Lipinski definition) is 1. The van der Waals surface area contributed by atoms with Crippen molar-refractivity contribution in [2.45, 2.75) is 45.9 Å². The van der Waals surface area contributed by atoms with Crippen molar-refractivity contribution in [2.24, 2.45) is 5.92 Å². The lowest BCUT2D eigenvalue weighted by Crippen LogP contribution is -2.42. The van der Waals surface area contributed by atoms with E-state index in [9.17, 15) is 5.11 Å². The number of aromatic nitrogens is 3. The van der Waals surface area contributed by atoms with E-state index < -0.39 is 6.10 Å². The Kier molecular flexibility index (Phi) is 6.23. The molecule has 1 saturated heterocycles. The molecule has 2 aromatic rings. The first-order chi connectivity index (χ1) is 12.1. The second-order valence-electron chi connectivity index (χ2n) is 6.90. The lowest BCUT2D eigenvalue weighted by atomic mass is 9.98. The molecule has 7 heteroatoms. The van der Waals surface area contributed by atoms with Crippen molar-refractivity contribution in [1.29, 1.82) is 0 Å². The zero-order valence-corrected chi connectivity index (χ0v) is 15.1. The fourth-order valence-electron chi connectivity index (χ4n) is 3.49. The van der Waals surface area contributed by atoms with Gasteiger partial charge in [-0.3, -0.25) is 0 Å². The minimum absolute atomic E-state index is 0.323. The number of likely N-dealkylation sites (tertiary alicyclic amines) is 1. The third kappa shape index (κ3) is 5.39. The third-order valence-corrected chi connectivity index (χ3v) is 4.60. The van der Waals surface area contributed by atoms with Gasteiger partial charge in [0.05, 0.1) is 19.0 Å². The summed E-state index contributed by atoms with van der Waals surface area (Å²) in [6, 6.07) is 3.71. The fourth-order valence-corrected chi connectivity index (χ4v) is 3.49. The highest BCUT2D eigenvalue weighted by atomic mass is 16.5. The predicted molar refractivity (Wildman–Crippen MR) is 93.0 cm³/mol. The molecule has 0 aliphatic carbocycles. The van der Waals surface area contributed by atoms with Gasteiger partial charge in [0, 0.05) is 19.6 Å². The first-order valence-electron chi connectivity index (χ1n) is 8.98. The molecule has 0 aromatic carbocycles. The molecule has 0 unspecified atom stereocenters. The standard InChI is InChI=1S/C18H28N4O3/c1-14-19-15(2)22(20-14)10-16-5-3-7-21(9-16)11-17(23)12-24-13-18-6-4-8-25-18/h4,6,8,16-17,23H,3,5,7,9-13H2,1-2H3/t16-,17-/m0/s1. The lowest BCUT2D eigenvalue weighted by molar-refractivity contribution is -0.00200. The molecule has 3 rings (SSSR count).